The third-order valence-corrected chi connectivity index (χ3v) is 4.42. The van der Waals surface area contributed by atoms with Crippen molar-refractivity contribution in [2.45, 2.75) is 0 Å². The van der Waals surface area contributed by atoms with Gasteiger partial charge in [-0.3, -0.25) is 0 Å². The zero-order valence-corrected chi connectivity index (χ0v) is 12.7. The first kappa shape index (κ1) is 11.9. The van der Waals surface area contributed by atoms with Crippen molar-refractivity contribution in [1.82, 2.24) is 0 Å². The van der Waals surface area contributed by atoms with E-state index < -0.39 is 0 Å². The minimum atomic E-state index is 1.12. The second-order valence-electron chi connectivity index (χ2n) is 4.12. The predicted octanol–water partition coefficient (Wildman–Crippen LogP) is 6.03. The summed E-state index contributed by atoms with van der Waals surface area (Å²) in [7, 11) is 0. The first-order valence-electron chi connectivity index (χ1n) is 5.69. The van der Waals surface area contributed by atoms with Crippen molar-refractivity contribution in [2.24, 2.45) is 0 Å². The molecule has 3 aromatic carbocycles. The second kappa shape index (κ2) is 4.87. The van der Waals surface area contributed by atoms with Gasteiger partial charge < -0.3 is 0 Å². The molecule has 0 atom stereocenters. The molecule has 0 N–H and O–H groups in total. The highest BCUT2D eigenvalue weighted by Gasteiger charge is 2.08. The molecule has 0 unspecified atom stereocenters. The Morgan fingerprint density at radius 1 is 0.500 bits per heavy atom. The van der Waals surface area contributed by atoms with Crippen LogP contribution in [0.3, 0.4) is 0 Å². The summed E-state index contributed by atoms with van der Waals surface area (Å²) >= 11 is 7.24. The molecule has 0 saturated carbocycles. The van der Waals surface area contributed by atoms with Gasteiger partial charge in [0.1, 0.15) is 0 Å². The molecule has 0 nitrogen and oxygen atoms in total. The lowest BCUT2D eigenvalue weighted by Gasteiger charge is -2.10. The Hall–Kier alpha value is -1.12. The molecule has 0 aliphatic heterocycles. The van der Waals surface area contributed by atoms with Gasteiger partial charge in [-0.25, -0.2) is 0 Å². The number of benzene rings is 3. The molecular weight excluding hydrogens is 352 g/mol. The average molecular weight is 362 g/mol. The molecule has 0 aliphatic rings. The maximum absolute atomic E-state index is 3.63. The second-order valence-corrected chi connectivity index (χ2v) is 5.83. The molecule has 3 aromatic rings. The van der Waals surface area contributed by atoms with Gasteiger partial charge >= 0.3 is 0 Å². The fraction of sp³-hybridized carbons (Fsp3) is 0. The number of hydrogen-bond donors (Lipinski definition) is 0. The minimum Gasteiger partial charge on any atom is -0.0616 e. The van der Waals surface area contributed by atoms with Gasteiger partial charge in [-0.2, -0.15) is 0 Å². The smallest absolute Gasteiger partial charge is 0.0254 e. The monoisotopic (exact) mass is 360 g/mol. The maximum atomic E-state index is 3.63. The topological polar surface area (TPSA) is 0 Å². The predicted molar refractivity (Wildman–Crippen MR) is 84.8 cm³/mol. The highest BCUT2D eigenvalue weighted by atomic mass is 79.9. The summed E-state index contributed by atoms with van der Waals surface area (Å²) < 4.78 is 2.26. The van der Waals surface area contributed by atoms with Crippen molar-refractivity contribution >= 4 is 42.6 Å². The van der Waals surface area contributed by atoms with E-state index in [1.54, 1.807) is 0 Å². The molecule has 0 bridgehead atoms. The first-order valence-corrected chi connectivity index (χ1v) is 7.28. The Balaban J connectivity index is 2.38. The van der Waals surface area contributed by atoms with Gasteiger partial charge in [0.25, 0.3) is 0 Å². The van der Waals surface area contributed by atoms with Crippen LogP contribution in [-0.4, -0.2) is 0 Å². The van der Waals surface area contributed by atoms with Crippen molar-refractivity contribution in [3.05, 3.63) is 69.6 Å². The van der Waals surface area contributed by atoms with Crippen LogP contribution in [0.25, 0.3) is 21.9 Å². The van der Waals surface area contributed by atoms with Gasteiger partial charge in [0.2, 0.25) is 0 Å². The summed E-state index contributed by atoms with van der Waals surface area (Å²) in [4.78, 5) is 0. The molecule has 0 fully saturated rings. The average Bonchev–Trinajstić information content (AvgIpc) is 2.41. The van der Waals surface area contributed by atoms with Crippen LogP contribution in [0.2, 0.25) is 0 Å². The van der Waals surface area contributed by atoms with Crippen LogP contribution in [0.15, 0.2) is 69.6 Å². The van der Waals surface area contributed by atoms with E-state index in [0.717, 1.165) is 8.95 Å². The van der Waals surface area contributed by atoms with E-state index in [2.05, 4.69) is 86.5 Å². The molecule has 0 radical (unpaired) electrons. The summed E-state index contributed by atoms with van der Waals surface area (Å²) in [6, 6.07) is 21.0. The van der Waals surface area contributed by atoms with Crippen LogP contribution < -0.4 is 0 Å². The number of hydrogen-bond acceptors (Lipinski definition) is 0. The van der Waals surface area contributed by atoms with Crippen molar-refractivity contribution in [1.29, 1.82) is 0 Å². The summed E-state index contributed by atoms with van der Waals surface area (Å²) in [5.74, 6) is 0. The largest absolute Gasteiger partial charge is 0.0616 e. The lowest BCUT2D eigenvalue weighted by molar-refractivity contribution is 1.60. The van der Waals surface area contributed by atoms with Crippen LogP contribution in [-0.2, 0) is 0 Å². The van der Waals surface area contributed by atoms with Crippen LogP contribution in [0.4, 0.5) is 0 Å². The van der Waals surface area contributed by atoms with Gasteiger partial charge in [-0.05, 0) is 34.0 Å². The van der Waals surface area contributed by atoms with E-state index in [0.29, 0.717) is 0 Å². The quantitative estimate of drug-likeness (QED) is 0.496. The molecule has 0 heterocycles. The molecule has 3 rings (SSSR count). The fourth-order valence-corrected chi connectivity index (χ4v) is 3.15. The van der Waals surface area contributed by atoms with Gasteiger partial charge in [0.15, 0.2) is 0 Å². The summed E-state index contributed by atoms with van der Waals surface area (Å²) in [6.07, 6.45) is 0. The SMILES string of the molecule is Brc1ccccc1-c1ccc(Br)c2ccccc12. The Labute approximate surface area is 123 Å². The molecule has 0 aromatic heterocycles. The van der Waals surface area contributed by atoms with E-state index in [4.69, 9.17) is 0 Å². The summed E-state index contributed by atoms with van der Waals surface area (Å²) in [5, 5.41) is 2.50. The molecule has 0 aliphatic carbocycles. The molecule has 0 spiro atoms. The van der Waals surface area contributed by atoms with Crippen molar-refractivity contribution in [3.8, 4) is 11.1 Å². The van der Waals surface area contributed by atoms with Crippen LogP contribution in [0.1, 0.15) is 0 Å². The van der Waals surface area contributed by atoms with Gasteiger partial charge in [0.05, 0.1) is 0 Å². The Morgan fingerprint density at radius 3 is 1.94 bits per heavy atom. The highest BCUT2D eigenvalue weighted by Crippen LogP contribution is 2.36. The molecule has 18 heavy (non-hydrogen) atoms. The fourth-order valence-electron chi connectivity index (χ4n) is 2.18. The molecule has 0 amide bonds. The Kier molecular flexibility index (Phi) is 3.23. The third kappa shape index (κ3) is 2.00. The maximum Gasteiger partial charge on any atom is 0.0254 e. The van der Waals surface area contributed by atoms with Gasteiger partial charge in [-0.1, -0.05) is 80.4 Å². The first-order chi connectivity index (χ1) is 8.77. The standard InChI is InChI=1S/C16H10Br2/c17-15-8-4-3-7-14(15)12-9-10-16(18)13-6-2-1-5-11(12)13/h1-10H. The van der Waals surface area contributed by atoms with Crippen molar-refractivity contribution < 1.29 is 0 Å². The normalized spacial score (nSPS) is 10.8. The Bertz CT molecular complexity index is 717. The molecular formula is C16H10Br2. The molecule has 0 saturated heterocycles. The third-order valence-electron chi connectivity index (χ3n) is 3.03. The highest BCUT2D eigenvalue weighted by molar-refractivity contribution is 9.11. The zero-order valence-electron chi connectivity index (χ0n) is 9.53. The van der Waals surface area contributed by atoms with Crippen LogP contribution in [0, 0.1) is 0 Å². The summed E-state index contributed by atoms with van der Waals surface area (Å²) in [5.41, 5.74) is 2.47. The van der Waals surface area contributed by atoms with Crippen LogP contribution in [0.5, 0.6) is 0 Å². The van der Waals surface area contributed by atoms with Crippen LogP contribution >= 0.6 is 31.9 Å². The minimum absolute atomic E-state index is 1.12. The Morgan fingerprint density at radius 2 is 1.17 bits per heavy atom. The summed E-state index contributed by atoms with van der Waals surface area (Å²) in [6.45, 7) is 0. The van der Waals surface area contributed by atoms with E-state index in [9.17, 15) is 0 Å². The lowest BCUT2D eigenvalue weighted by Crippen LogP contribution is -1.83. The van der Waals surface area contributed by atoms with Gasteiger partial charge in [-0.15, -0.1) is 0 Å². The van der Waals surface area contributed by atoms with E-state index in [-0.39, 0.29) is 0 Å². The van der Waals surface area contributed by atoms with E-state index in [1.165, 1.54) is 21.9 Å². The number of rotatable bonds is 1. The number of halogens is 2. The van der Waals surface area contributed by atoms with Crippen molar-refractivity contribution in [2.75, 3.05) is 0 Å². The van der Waals surface area contributed by atoms with Gasteiger partial charge in [0, 0.05) is 8.95 Å². The lowest BCUT2D eigenvalue weighted by atomic mass is 9.98. The van der Waals surface area contributed by atoms with Crippen molar-refractivity contribution in [3.63, 3.8) is 0 Å². The molecule has 88 valence electrons. The van der Waals surface area contributed by atoms with E-state index in [1.807, 2.05) is 6.07 Å². The van der Waals surface area contributed by atoms with E-state index >= 15 is 0 Å². The zero-order chi connectivity index (χ0) is 12.5. The molecule has 2 heteroatoms. The number of fused-ring (bicyclic) bond motifs is 1.